The highest BCUT2D eigenvalue weighted by Gasteiger charge is 2.28. The Morgan fingerprint density at radius 1 is 1.17 bits per heavy atom. The number of thiazole rings is 1. The molecular weight excluding hydrogens is 494 g/mol. The normalized spacial score (nSPS) is 11.0. The molecule has 192 valence electrons. The first-order chi connectivity index (χ1) is 16.3. The van der Waals surface area contributed by atoms with Crippen molar-refractivity contribution in [1.82, 2.24) is 20.7 Å². The third-order valence-corrected chi connectivity index (χ3v) is 6.54. The summed E-state index contributed by atoms with van der Waals surface area (Å²) < 4.78 is 4.97. The molecule has 0 unspecified atom stereocenters. The highest BCUT2D eigenvalue weighted by atomic mass is 32.1. The quantitative estimate of drug-likeness (QED) is 0.296. The zero-order chi connectivity index (χ0) is 26.2. The van der Waals surface area contributed by atoms with Crippen LogP contribution < -0.4 is 16.1 Å². The molecule has 5 amide bonds. The molecule has 0 bridgehead atoms. The minimum Gasteiger partial charge on any atom is -0.463 e. The van der Waals surface area contributed by atoms with E-state index in [0.29, 0.717) is 18.1 Å². The third kappa shape index (κ3) is 9.91. The summed E-state index contributed by atoms with van der Waals surface area (Å²) in [6.45, 7) is 8.56. The second-order valence-corrected chi connectivity index (χ2v) is 10.8. The number of amides is 5. The molecule has 0 atom stereocenters. The predicted molar refractivity (Wildman–Crippen MR) is 134 cm³/mol. The van der Waals surface area contributed by atoms with Gasteiger partial charge in [-0.05, 0) is 65.0 Å². The van der Waals surface area contributed by atoms with Gasteiger partial charge in [0.15, 0.2) is 5.13 Å². The van der Waals surface area contributed by atoms with Crippen molar-refractivity contribution < 1.29 is 29.0 Å². The Morgan fingerprint density at radius 2 is 1.89 bits per heavy atom. The van der Waals surface area contributed by atoms with Gasteiger partial charge in [0, 0.05) is 28.6 Å². The number of rotatable bonds is 8. The number of aryl methyl sites for hydroxylation is 4. The van der Waals surface area contributed by atoms with E-state index in [4.69, 9.17) is 9.84 Å². The van der Waals surface area contributed by atoms with Gasteiger partial charge >= 0.3 is 18.2 Å². The number of imide groups is 1. The molecule has 2 rings (SSSR count). The smallest absolute Gasteiger partial charge is 0.439 e. The van der Waals surface area contributed by atoms with Crippen molar-refractivity contribution >= 4 is 51.9 Å². The third-order valence-electron chi connectivity index (χ3n) is 4.38. The van der Waals surface area contributed by atoms with E-state index in [9.17, 15) is 19.2 Å². The highest BCUT2D eigenvalue weighted by Crippen LogP contribution is 2.25. The van der Waals surface area contributed by atoms with E-state index in [1.165, 1.54) is 33.6 Å². The second-order valence-electron chi connectivity index (χ2n) is 8.71. The fourth-order valence-electron chi connectivity index (χ4n) is 2.91. The Morgan fingerprint density at radius 3 is 2.51 bits per heavy atom. The Labute approximate surface area is 211 Å². The zero-order valence-corrected chi connectivity index (χ0v) is 22.0. The number of anilines is 1. The predicted octanol–water partition coefficient (Wildman–Crippen LogP) is 4.32. The number of nitrogens with zero attached hydrogens (tertiary/aromatic N) is 2. The first-order valence-corrected chi connectivity index (χ1v) is 12.6. The number of thiophene rings is 1. The lowest BCUT2D eigenvalue weighted by Gasteiger charge is -2.24. The molecule has 13 heteroatoms. The molecule has 2 aromatic rings. The van der Waals surface area contributed by atoms with Gasteiger partial charge in [-0.1, -0.05) is 0 Å². The van der Waals surface area contributed by atoms with Crippen LogP contribution in [-0.2, 0) is 28.8 Å². The average molecular weight is 526 g/mol. The summed E-state index contributed by atoms with van der Waals surface area (Å²) in [7, 11) is 0. The van der Waals surface area contributed by atoms with Gasteiger partial charge in [-0.15, -0.1) is 27.7 Å². The van der Waals surface area contributed by atoms with Crippen molar-refractivity contribution in [2.45, 2.75) is 65.9 Å². The Bertz CT molecular complexity index is 1060. The first-order valence-electron chi connectivity index (χ1n) is 10.9. The molecule has 0 aliphatic rings. The molecule has 4 N–H and O–H groups in total. The van der Waals surface area contributed by atoms with Crippen LogP contribution in [0.1, 0.15) is 55.1 Å². The molecule has 35 heavy (non-hydrogen) atoms. The maximum absolute atomic E-state index is 12.0. The van der Waals surface area contributed by atoms with Gasteiger partial charge in [-0.3, -0.25) is 4.79 Å². The van der Waals surface area contributed by atoms with E-state index in [0.717, 1.165) is 25.0 Å². The van der Waals surface area contributed by atoms with Crippen molar-refractivity contribution in [2.24, 2.45) is 0 Å². The lowest BCUT2D eigenvalue weighted by molar-refractivity contribution is -0.114. The summed E-state index contributed by atoms with van der Waals surface area (Å²) in [6, 6.07) is 1.33. The van der Waals surface area contributed by atoms with Gasteiger partial charge in [0.05, 0.1) is 5.69 Å². The van der Waals surface area contributed by atoms with Crippen molar-refractivity contribution in [3.8, 4) is 0 Å². The maximum atomic E-state index is 12.0. The number of ether oxygens (including phenoxy) is 1. The van der Waals surface area contributed by atoms with Crippen LogP contribution in [0.4, 0.5) is 19.5 Å². The SMILES string of the molecule is CC(=O)Nc1nc(CCc2cc(C)c(CCCNC(=O)NN(C(=O)O)C(=O)OC(C)(C)C)s2)cs1. The van der Waals surface area contributed by atoms with E-state index < -0.39 is 23.8 Å². The zero-order valence-electron chi connectivity index (χ0n) is 20.4. The highest BCUT2D eigenvalue weighted by molar-refractivity contribution is 7.14. The summed E-state index contributed by atoms with van der Waals surface area (Å²) >= 11 is 3.11. The number of hydrogen-bond acceptors (Lipinski definition) is 8. The first kappa shape index (κ1) is 28.1. The van der Waals surface area contributed by atoms with Crippen molar-refractivity contribution in [3.05, 3.63) is 32.5 Å². The van der Waals surface area contributed by atoms with Crippen LogP contribution in [0, 0.1) is 6.92 Å². The number of carbonyl (C=O) groups is 4. The number of aromatic nitrogens is 1. The lowest BCUT2D eigenvalue weighted by Crippen LogP contribution is -2.53. The number of urea groups is 1. The fourth-order valence-corrected chi connectivity index (χ4v) is 4.93. The summed E-state index contributed by atoms with van der Waals surface area (Å²) in [4.78, 5) is 53.2. The summed E-state index contributed by atoms with van der Waals surface area (Å²) in [5.74, 6) is -0.140. The largest absolute Gasteiger partial charge is 0.463 e. The van der Waals surface area contributed by atoms with Crippen LogP contribution >= 0.6 is 22.7 Å². The van der Waals surface area contributed by atoms with Gasteiger partial charge in [0.25, 0.3) is 0 Å². The van der Waals surface area contributed by atoms with Crippen molar-refractivity contribution in [3.63, 3.8) is 0 Å². The van der Waals surface area contributed by atoms with Gasteiger partial charge in [-0.25, -0.2) is 24.8 Å². The number of hydrogen-bond donors (Lipinski definition) is 4. The Kier molecular flexibility index (Phi) is 10.0. The van der Waals surface area contributed by atoms with Crippen LogP contribution in [0.3, 0.4) is 0 Å². The molecule has 2 aromatic heterocycles. The van der Waals surface area contributed by atoms with E-state index >= 15 is 0 Å². The van der Waals surface area contributed by atoms with Crippen molar-refractivity contribution in [2.75, 3.05) is 11.9 Å². The van der Waals surface area contributed by atoms with Crippen LogP contribution in [0.2, 0.25) is 0 Å². The molecule has 0 aromatic carbocycles. The molecule has 0 radical (unpaired) electrons. The van der Waals surface area contributed by atoms with Crippen LogP contribution in [0.15, 0.2) is 11.4 Å². The monoisotopic (exact) mass is 525 g/mol. The molecule has 0 saturated heterocycles. The maximum Gasteiger partial charge on any atom is 0.439 e. The summed E-state index contributed by atoms with van der Waals surface area (Å²) in [5.41, 5.74) is 3.18. The van der Waals surface area contributed by atoms with Crippen LogP contribution in [0.5, 0.6) is 0 Å². The minimum absolute atomic E-state index is 0.109. The molecule has 0 fully saturated rings. The summed E-state index contributed by atoms with van der Waals surface area (Å²) in [5, 5.41) is 17.0. The average Bonchev–Trinajstić information content (AvgIpc) is 3.31. The standard InChI is InChI=1S/C22H31N5O6S2/c1-13-11-16(9-8-15-12-34-19(25-15)24-14(2)28)35-17(13)7-6-10-23-18(29)26-27(20(30)31)21(32)33-22(3,4)5/h11-12H,6-10H2,1-5H3,(H,30,31)(H2,23,26,29)(H,24,25,28). The van der Waals surface area contributed by atoms with E-state index in [1.54, 1.807) is 32.1 Å². The van der Waals surface area contributed by atoms with Gasteiger partial charge in [-0.2, -0.15) is 0 Å². The lowest BCUT2D eigenvalue weighted by atomic mass is 10.1. The number of carbonyl (C=O) groups excluding carboxylic acids is 3. The van der Waals surface area contributed by atoms with Crippen molar-refractivity contribution in [1.29, 1.82) is 0 Å². The number of carboxylic acid groups (broad SMARTS) is 1. The molecular formula is C22H31N5O6S2. The Hall–Kier alpha value is -3.19. The van der Waals surface area contributed by atoms with Crippen LogP contribution in [0.25, 0.3) is 0 Å². The Balaban J connectivity index is 1.77. The summed E-state index contributed by atoms with van der Waals surface area (Å²) in [6.07, 6.45) is 0.153. The van der Waals surface area contributed by atoms with E-state index in [2.05, 4.69) is 21.7 Å². The van der Waals surface area contributed by atoms with Gasteiger partial charge < -0.3 is 20.5 Å². The molecule has 11 nitrogen and oxygen atoms in total. The molecule has 2 heterocycles. The van der Waals surface area contributed by atoms with Gasteiger partial charge in [0.1, 0.15) is 5.60 Å². The topological polar surface area (TPSA) is 150 Å². The van der Waals surface area contributed by atoms with Gasteiger partial charge in [0.2, 0.25) is 5.91 Å². The second kappa shape index (κ2) is 12.5. The molecule has 0 aliphatic carbocycles. The molecule has 0 spiro atoms. The fraction of sp³-hybridized carbons (Fsp3) is 0.500. The minimum atomic E-state index is -1.65. The molecule has 0 saturated carbocycles. The van der Waals surface area contributed by atoms with E-state index in [-0.39, 0.29) is 10.9 Å². The van der Waals surface area contributed by atoms with Crippen LogP contribution in [-0.4, -0.2) is 51.4 Å². The number of hydrazine groups is 1. The van der Waals surface area contributed by atoms with E-state index in [1.807, 2.05) is 17.7 Å². The molecule has 0 aliphatic heterocycles. The number of nitrogens with one attached hydrogen (secondary N) is 3.